The Kier molecular flexibility index (Phi) is 4.16. The first kappa shape index (κ1) is 13.8. The fourth-order valence-electron chi connectivity index (χ4n) is 4.68. The molecule has 2 aliphatic carbocycles. The molecule has 0 aromatic rings. The molecule has 0 aromatic carbocycles. The van der Waals surface area contributed by atoms with Gasteiger partial charge < -0.3 is 9.84 Å². The fraction of sp³-hybridized carbons (Fsp3) is 1.00. The molecule has 19 heavy (non-hydrogen) atoms. The van der Waals surface area contributed by atoms with E-state index in [1.165, 1.54) is 25.7 Å². The second kappa shape index (κ2) is 5.71. The number of aliphatic hydroxyl groups is 1. The van der Waals surface area contributed by atoms with E-state index in [1.807, 2.05) is 0 Å². The van der Waals surface area contributed by atoms with Gasteiger partial charge in [0.2, 0.25) is 0 Å². The molecule has 0 spiro atoms. The largest absolute Gasteiger partial charge is 0.393 e. The predicted molar refractivity (Wildman–Crippen MR) is 76.0 cm³/mol. The van der Waals surface area contributed by atoms with E-state index in [-0.39, 0.29) is 6.10 Å². The third-order valence-corrected chi connectivity index (χ3v) is 5.69. The Labute approximate surface area is 117 Å². The number of hydrogen-bond donors (Lipinski definition) is 1. The van der Waals surface area contributed by atoms with Gasteiger partial charge in [0.15, 0.2) is 0 Å². The zero-order chi connectivity index (χ0) is 13.4. The lowest BCUT2D eigenvalue weighted by Gasteiger charge is -2.44. The van der Waals surface area contributed by atoms with Crippen molar-refractivity contribution in [2.45, 2.75) is 64.2 Å². The van der Waals surface area contributed by atoms with Crippen molar-refractivity contribution in [1.82, 2.24) is 4.90 Å². The molecular formula is C16H29NO2. The van der Waals surface area contributed by atoms with Crippen LogP contribution < -0.4 is 0 Å². The van der Waals surface area contributed by atoms with Crippen LogP contribution in [0, 0.1) is 17.8 Å². The standard InChI is InChI=1S/C16H29NO2/c1-11-8-12(2)13(15(18)9-11)10-17-6-7-19-16-5-3-4-14(16)17/h11-16,18H,3-10H2,1-2H3. The minimum absolute atomic E-state index is 0.0959. The van der Waals surface area contributed by atoms with Crippen molar-refractivity contribution in [2.24, 2.45) is 17.8 Å². The number of morpholine rings is 1. The van der Waals surface area contributed by atoms with Crippen LogP contribution in [-0.4, -0.2) is 48.0 Å². The predicted octanol–water partition coefficient (Wildman–Crippen LogP) is 2.28. The van der Waals surface area contributed by atoms with Crippen LogP contribution in [0.15, 0.2) is 0 Å². The van der Waals surface area contributed by atoms with Gasteiger partial charge in [0, 0.05) is 25.0 Å². The van der Waals surface area contributed by atoms with E-state index < -0.39 is 0 Å². The number of hydrogen-bond acceptors (Lipinski definition) is 3. The van der Waals surface area contributed by atoms with Crippen molar-refractivity contribution < 1.29 is 9.84 Å². The normalized spacial score (nSPS) is 48.2. The first-order valence-electron chi connectivity index (χ1n) is 8.19. The molecule has 110 valence electrons. The summed E-state index contributed by atoms with van der Waals surface area (Å²) in [6, 6.07) is 0.632. The molecule has 3 fully saturated rings. The first-order chi connectivity index (χ1) is 9.15. The van der Waals surface area contributed by atoms with Gasteiger partial charge in [0.1, 0.15) is 0 Å². The second-order valence-corrected chi connectivity index (χ2v) is 7.19. The van der Waals surface area contributed by atoms with Crippen molar-refractivity contribution in [3.63, 3.8) is 0 Å². The molecule has 0 radical (unpaired) electrons. The molecule has 0 amide bonds. The topological polar surface area (TPSA) is 32.7 Å². The SMILES string of the molecule is CC1CC(C)C(CN2CCOC3CCCC32)C(O)C1. The third-order valence-electron chi connectivity index (χ3n) is 5.69. The highest BCUT2D eigenvalue weighted by Crippen LogP contribution is 2.36. The van der Waals surface area contributed by atoms with Gasteiger partial charge in [0.05, 0.1) is 18.8 Å². The quantitative estimate of drug-likeness (QED) is 0.833. The number of fused-ring (bicyclic) bond motifs is 1. The highest BCUT2D eigenvalue weighted by Gasteiger charge is 2.40. The van der Waals surface area contributed by atoms with E-state index in [1.54, 1.807) is 0 Å². The van der Waals surface area contributed by atoms with Crippen LogP contribution >= 0.6 is 0 Å². The summed E-state index contributed by atoms with van der Waals surface area (Å²) in [4.78, 5) is 2.63. The number of aliphatic hydroxyl groups excluding tert-OH is 1. The summed E-state index contributed by atoms with van der Waals surface area (Å²) in [7, 11) is 0. The van der Waals surface area contributed by atoms with Crippen LogP contribution in [-0.2, 0) is 4.74 Å². The average molecular weight is 267 g/mol. The lowest BCUT2D eigenvalue weighted by atomic mass is 9.73. The van der Waals surface area contributed by atoms with Gasteiger partial charge in [-0.15, -0.1) is 0 Å². The van der Waals surface area contributed by atoms with E-state index >= 15 is 0 Å². The average Bonchev–Trinajstić information content (AvgIpc) is 2.82. The summed E-state index contributed by atoms with van der Waals surface area (Å²) in [6.45, 7) is 7.63. The molecule has 1 aliphatic heterocycles. The maximum absolute atomic E-state index is 10.4. The van der Waals surface area contributed by atoms with E-state index in [0.717, 1.165) is 26.1 Å². The maximum atomic E-state index is 10.4. The van der Waals surface area contributed by atoms with Crippen molar-refractivity contribution in [3.05, 3.63) is 0 Å². The highest BCUT2D eigenvalue weighted by atomic mass is 16.5. The van der Waals surface area contributed by atoms with Crippen LogP contribution in [0.2, 0.25) is 0 Å². The molecule has 0 aromatic heterocycles. The molecule has 1 heterocycles. The van der Waals surface area contributed by atoms with Gasteiger partial charge in [-0.1, -0.05) is 13.8 Å². The van der Waals surface area contributed by atoms with Crippen LogP contribution in [0.5, 0.6) is 0 Å². The molecule has 3 nitrogen and oxygen atoms in total. The molecule has 1 saturated heterocycles. The van der Waals surface area contributed by atoms with Gasteiger partial charge in [-0.3, -0.25) is 4.90 Å². The molecular weight excluding hydrogens is 238 g/mol. The van der Waals surface area contributed by atoms with Gasteiger partial charge in [-0.05, 0) is 43.9 Å². The van der Waals surface area contributed by atoms with Crippen molar-refractivity contribution in [2.75, 3.05) is 19.7 Å². The van der Waals surface area contributed by atoms with Crippen LogP contribution in [0.1, 0.15) is 46.0 Å². The Morgan fingerprint density at radius 2 is 2.05 bits per heavy atom. The van der Waals surface area contributed by atoms with E-state index in [2.05, 4.69) is 18.7 Å². The Bertz CT molecular complexity index is 297. The Morgan fingerprint density at radius 1 is 1.21 bits per heavy atom. The van der Waals surface area contributed by atoms with Gasteiger partial charge in [0.25, 0.3) is 0 Å². The summed E-state index contributed by atoms with van der Waals surface area (Å²) >= 11 is 0. The number of nitrogens with zero attached hydrogens (tertiary/aromatic N) is 1. The fourth-order valence-corrected chi connectivity index (χ4v) is 4.68. The lowest BCUT2D eigenvalue weighted by Crippen LogP contribution is -2.52. The third kappa shape index (κ3) is 2.84. The summed E-state index contributed by atoms with van der Waals surface area (Å²) < 4.78 is 5.89. The van der Waals surface area contributed by atoms with Crippen LogP contribution in [0.4, 0.5) is 0 Å². The van der Waals surface area contributed by atoms with Gasteiger partial charge >= 0.3 is 0 Å². The smallest absolute Gasteiger partial charge is 0.0730 e. The molecule has 6 unspecified atom stereocenters. The number of ether oxygens (including phenoxy) is 1. The molecule has 3 aliphatic rings. The molecule has 3 heteroatoms. The maximum Gasteiger partial charge on any atom is 0.0730 e. The molecule has 6 atom stereocenters. The second-order valence-electron chi connectivity index (χ2n) is 7.19. The lowest BCUT2D eigenvalue weighted by molar-refractivity contribution is -0.0790. The monoisotopic (exact) mass is 267 g/mol. The van der Waals surface area contributed by atoms with E-state index in [4.69, 9.17) is 4.74 Å². The summed E-state index contributed by atoms with van der Waals surface area (Å²) in [6.07, 6.45) is 6.49. The van der Waals surface area contributed by atoms with Gasteiger partial charge in [-0.2, -0.15) is 0 Å². The Hall–Kier alpha value is -0.120. The van der Waals surface area contributed by atoms with Crippen molar-refractivity contribution in [1.29, 1.82) is 0 Å². The minimum Gasteiger partial charge on any atom is -0.393 e. The van der Waals surface area contributed by atoms with E-state index in [9.17, 15) is 5.11 Å². The molecule has 3 rings (SSSR count). The van der Waals surface area contributed by atoms with Crippen molar-refractivity contribution >= 4 is 0 Å². The van der Waals surface area contributed by atoms with Crippen LogP contribution in [0.3, 0.4) is 0 Å². The molecule has 0 bridgehead atoms. The summed E-state index contributed by atoms with van der Waals surface area (Å²) in [5.41, 5.74) is 0. The highest BCUT2D eigenvalue weighted by molar-refractivity contribution is 4.92. The zero-order valence-electron chi connectivity index (χ0n) is 12.4. The zero-order valence-corrected chi connectivity index (χ0v) is 12.4. The molecule has 2 saturated carbocycles. The summed E-state index contributed by atoms with van der Waals surface area (Å²) in [5.74, 6) is 1.81. The van der Waals surface area contributed by atoms with Gasteiger partial charge in [-0.25, -0.2) is 0 Å². The van der Waals surface area contributed by atoms with Crippen LogP contribution in [0.25, 0.3) is 0 Å². The molecule has 1 N–H and O–H groups in total. The van der Waals surface area contributed by atoms with E-state index in [0.29, 0.717) is 29.9 Å². The first-order valence-corrected chi connectivity index (χ1v) is 8.19. The number of rotatable bonds is 2. The minimum atomic E-state index is -0.0959. The summed E-state index contributed by atoms with van der Waals surface area (Å²) in [5, 5.41) is 10.4. The Balaban J connectivity index is 1.63. The van der Waals surface area contributed by atoms with Crippen molar-refractivity contribution in [3.8, 4) is 0 Å². The Morgan fingerprint density at radius 3 is 2.84 bits per heavy atom.